The number of nitrogens with zero attached hydrogens (tertiary/aromatic N) is 7. The highest BCUT2D eigenvalue weighted by atomic mass is 32.2. The summed E-state index contributed by atoms with van der Waals surface area (Å²) in [6.45, 7) is 9.58. The lowest BCUT2D eigenvalue weighted by Crippen LogP contribution is -2.54. The topological polar surface area (TPSA) is 247 Å². The Hall–Kier alpha value is -6.75. The third-order valence-corrected chi connectivity index (χ3v) is 15.1. The normalized spacial score (nSPS) is 18.0. The fourth-order valence-electron chi connectivity index (χ4n) is 9.09. The number of benzene rings is 3. The van der Waals surface area contributed by atoms with Crippen molar-refractivity contribution >= 4 is 74.0 Å². The Kier molecular flexibility index (Phi) is 15.8. The molecular weight excluding hydrogens is 923 g/mol. The molecule has 1 atom stereocenters. The molecule has 5 amide bonds. The Balaban J connectivity index is 0.707. The van der Waals surface area contributed by atoms with E-state index in [1.54, 1.807) is 63.4 Å². The first kappa shape index (κ1) is 49.7. The molecule has 4 aliphatic heterocycles. The van der Waals surface area contributed by atoms with Gasteiger partial charge in [0.2, 0.25) is 29.6 Å². The molecule has 1 aromatic heterocycles. The van der Waals surface area contributed by atoms with Crippen LogP contribution in [-0.4, -0.2) is 164 Å². The van der Waals surface area contributed by atoms with Crippen LogP contribution in [0.2, 0.25) is 0 Å². The van der Waals surface area contributed by atoms with Gasteiger partial charge in [-0.1, -0.05) is 18.2 Å². The first-order valence-corrected chi connectivity index (χ1v) is 25.1. The molecule has 22 heteroatoms. The Morgan fingerprint density at radius 3 is 2.21 bits per heavy atom. The lowest BCUT2D eigenvalue weighted by molar-refractivity contribution is -0.136. The standard InChI is InChI=1S/C48H59N11O10S/c1-31(2)70(65,66)40-10-5-4-8-36(40)53-48-51-30-50-47(55-48)52-35-12-11-33(29-39(35)67-3)56-19-15-32(16-20-56)57-21-23-58(24-22-57)42(61)17-25-68-27-28-69-26-18-49-37-9-6-7-34-43(37)46(64)59(45(34)63)38-13-14-41(60)54-44(38)62/h4-12,29-32,38,49H,13-28H2,1-3H3,(H,54,60,62)(H2,50,51,52,53,55). The van der Waals surface area contributed by atoms with E-state index in [-0.39, 0.29) is 59.7 Å². The number of piperidine rings is 2. The third kappa shape index (κ3) is 11.3. The predicted molar refractivity (Wildman–Crippen MR) is 259 cm³/mol. The molecule has 4 aromatic rings. The number of sulfone groups is 1. The maximum absolute atomic E-state index is 13.3. The smallest absolute Gasteiger partial charge is 0.264 e. The zero-order valence-corrected chi connectivity index (χ0v) is 40.3. The number of carbonyl (C=O) groups is 5. The van der Waals surface area contributed by atoms with E-state index in [2.05, 4.69) is 46.0 Å². The Bertz CT molecular complexity index is 2690. The van der Waals surface area contributed by atoms with Crippen LogP contribution in [0.4, 0.5) is 34.6 Å². The fourth-order valence-corrected chi connectivity index (χ4v) is 10.3. The average molecular weight is 982 g/mol. The molecule has 21 nitrogen and oxygen atoms in total. The van der Waals surface area contributed by atoms with Crippen molar-refractivity contribution in [2.24, 2.45) is 0 Å². The van der Waals surface area contributed by atoms with Crippen LogP contribution in [0.3, 0.4) is 0 Å². The summed E-state index contributed by atoms with van der Waals surface area (Å²) in [5.41, 5.74) is 2.93. The lowest BCUT2D eigenvalue weighted by atomic mass is 10.0. The summed E-state index contributed by atoms with van der Waals surface area (Å²) in [4.78, 5) is 84.2. The Morgan fingerprint density at radius 1 is 0.800 bits per heavy atom. The molecule has 70 heavy (non-hydrogen) atoms. The van der Waals surface area contributed by atoms with E-state index in [0.29, 0.717) is 68.3 Å². The second-order valence-electron chi connectivity index (χ2n) is 17.6. The van der Waals surface area contributed by atoms with Gasteiger partial charge in [0, 0.05) is 75.7 Å². The summed E-state index contributed by atoms with van der Waals surface area (Å²) in [6, 6.07) is 16.9. The van der Waals surface area contributed by atoms with Gasteiger partial charge in [-0.25, -0.2) is 18.4 Å². The van der Waals surface area contributed by atoms with E-state index in [9.17, 15) is 32.4 Å². The molecule has 0 spiro atoms. The quantitative estimate of drug-likeness (QED) is 0.0730. The number of imide groups is 2. The Labute approximate surface area is 406 Å². The summed E-state index contributed by atoms with van der Waals surface area (Å²) >= 11 is 0. The summed E-state index contributed by atoms with van der Waals surface area (Å²) in [5.74, 6) is -1.10. The van der Waals surface area contributed by atoms with E-state index < -0.39 is 44.8 Å². The highest BCUT2D eigenvalue weighted by molar-refractivity contribution is 7.92. The molecule has 4 aliphatic rings. The number of nitrogens with one attached hydrogen (secondary N) is 4. The molecule has 3 fully saturated rings. The number of anilines is 6. The second kappa shape index (κ2) is 22.3. The number of ether oxygens (including phenoxy) is 3. The number of aromatic nitrogens is 3. The van der Waals surface area contributed by atoms with Crippen LogP contribution in [0.1, 0.15) is 66.7 Å². The number of piperazine rings is 1. The molecule has 8 rings (SSSR count). The van der Waals surface area contributed by atoms with Crippen molar-refractivity contribution in [3.63, 3.8) is 0 Å². The van der Waals surface area contributed by atoms with Crippen molar-refractivity contribution in [2.45, 2.75) is 68.2 Å². The highest BCUT2D eigenvalue weighted by Crippen LogP contribution is 2.35. The monoisotopic (exact) mass is 981 g/mol. The number of fused-ring (bicyclic) bond motifs is 1. The third-order valence-electron chi connectivity index (χ3n) is 12.9. The van der Waals surface area contributed by atoms with E-state index in [4.69, 9.17) is 14.2 Å². The number of hydrogen-bond acceptors (Lipinski definition) is 18. The van der Waals surface area contributed by atoms with E-state index >= 15 is 0 Å². The number of rotatable bonds is 20. The first-order chi connectivity index (χ1) is 33.8. The minimum Gasteiger partial charge on any atom is -0.494 e. The minimum absolute atomic E-state index is 0.0505. The molecule has 4 N–H and O–H groups in total. The van der Waals surface area contributed by atoms with Gasteiger partial charge in [-0.15, -0.1) is 0 Å². The maximum atomic E-state index is 13.3. The number of amides is 5. The van der Waals surface area contributed by atoms with Gasteiger partial charge < -0.3 is 40.0 Å². The van der Waals surface area contributed by atoms with Crippen molar-refractivity contribution in [2.75, 3.05) is 100 Å². The van der Waals surface area contributed by atoms with Crippen LogP contribution in [0.5, 0.6) is 5.75 Å². The largest absolute Gasteiger partial charge is 0.494 e. The van der Waals surface area contributed by atoms with Gasteiger partial charge in [-0.2, -0.15) is 4.98 Å². The van der Waals surface area contributed by atoms with E-state index in [1.807, 2.05) is 23.1 Å². The molecular formula is C48H59N11O10S. The number of para-hydroxylation sites is 1. The Morgan fingerprint density at radius 2 is 1.50 bits per heavy atom. The molecule has 0 saturated carbocycles. The summed E-state index contributed by atoms with van der Waals surface area (Å²) in [7, 11) is -1.94. The average Bonchev–Trinajstić information content (AvgIpc) is 3.62. The van der Waals surface area contributed by atoms with Gasteiger partial charge >= 0.3 is 0 Å². The van der Waals surface area contributed by atoms with Crippen molar-refractivity contribution in [1.82, 2.24) is 35.0 Å². The van der Waals surface area contributed by atoms with Crippen LogP contribution in [-0.2, 0) is 33.7 Å². The van der Waals surface area contributed by atoms with E-state index in [0.717, 1.165) is 49.6 Å². The van der Waals surface area contributed by atoms with Crippen LogP contribution < -0.4 is 30.9 Å². The first-order valence-electron chi connectivity index (χ1n) is 23.6. The van der Waals surface area contributed by atoms with Crippen LogP contribution >= 0.6 is 0 Å². The molecule has 0 radical (unpaired) electrons. The molecule has 1 unspecified atom stereocenters. The molecule has 5 heterocycles. The zero-order chi connectivity index (χ0) is 49.4. The van der Waals surface area contributed by atoms with Crippen molar-refractivity contribution in [3.05, 3.63) is 78.1 Å². The summed E-state index contributed by atoms with van der Waals surface area (Å²) in [6.07, 6.45) is 3.75. The second-order valence-corrected chi connectivity index (χ2v) is 20.0. The van der Waals surface area contributed by atoms with E-state index in [1.165, 1.54) is 6.33 Å². The van der Waals surface area contributed by atoms with Crippen LogP contribution in [0.15, 0.2) is 71.9 Å². The van der Waals surface area contributed by atoms with Crippen LogP contribution in [0.25, 0.3) is 0 Å². The molecule has 372 valence electrons. The zero-order valence-electron chi connectivity index (χ0n) is 39.5. The summed E-state index contributed by atoms with van der Waals surface area (Å²) < 4.78 is 43.1. The number of methoxy groups -OCH3 is 1. The number of hydrogen-bond donors (Lipinski definition) is 4. The van der Waals surface area contributed by atoms with Gasteiger partial charge in [0.1, 0.15) is 18.1 Å². The number of carbonyl (C=O) groups excluding carboxylic acids is 5. The molecule has 3 aromatic carbocycles. The van der Waals surface area contributed by atoms with Crippen molar-refractivity contribution in [3.8, 4) is 5.75 Å². The van der Waals surface area contributed by atoms with Crippen molar-refractivity contribution in [1.29, 1.82) is 0 Å². The molecule has 0 bridgehead atoms. The molecule has 3 saturated heterocycles. The van der Waals surface area contributed by atoms with Gasteiger partial charge in [-0.3, -0.25) is 39.1 Å². The fraction of sp³-hybridized carbons (Fsp3) is 0.458. The van der Waals surface area contributed by atoms with Gasteiger partial charge in [0.05, 0.1) is 72.6 Å². The maximum Gasteiger partial charge on any atom is 0.264 e. The SMILES string of the molecule is COc1cc(N2CCC(N3CCN(C(=O)CCOCCOCCNc4cccc5c4C(=O)N(C4CCC(=O)NC4=O)C5=O)CC3)CC2)ccc1Nc1ncnc(Nc2ccccc2S(=O)(=O)C(C)C)n1. The van der Waals surface area contributed by atoms with Crippen molar-refractivity contribution < 1.29 is 46.6 Å². The van der Waals surface area contributed by atoms with Gasteiger partial charge in [0.15, 0.2) is 9.84 Å². The van der Waals surface area contributed by atoms with Gasteiger partial charge in [-0.05, 0) is 69.5 Å². The van der Waals surface area contributed by atoms with Crippen LogP contribution in [0, 0.1) is 0 Å². The van der Waals surface area contributed by atoms with Gasteiger partial charge in [0.25, 0.3) is 11.8 Å². The lowest BCUT2D eigenvalue weighted by Gasteiger charge is -2.43. The molecule has 0 aliphatic carbocycles. The predicted octanol–water partition coefficient (Wildman–Crippen LogP) is 3.60. The minimum atomic E-state index is -3.55. The summed E-state index contributed by atoms with van der Waals surface area (Å²) in [5, 5.41) is 11.0. The highest BCUT2D eigenvalue weighted by Gasteiger charge is 2.45.